The van der Waals surface area contributed by atoms with Gasteiger partial charge in [-0.05, 0) is 25.3 Å². The van der Waals surface area contributed by atoms with Gasteiger partial charge in [-0.25, -0.2) is 4.79 Å². The summed E-state index contributed by atoms with van der Waals surface area (Å²) in [5.41, 5.74) is 1.85. The van der Waals surface area contributed by atoms with E-state index in [1.807, 2.05) is 43.3 Å². The van der Waals surface area contributed by atoms with Crippen molar-refractivity contribution >= 4 is 5.97 Å². The number of benzene rings is 1. The molecule has 0 bridgehead atoms. The van der Waals surface area contributed by atoms with Crippen molar-refractivity contribution in [3.8, 4) is 0 Å². The lowest BCUT2D eigenvalue weighted by Crippen LogP contribution is -2.08. The van der Waals surface area contributed by atoms with Crippen LogP contribution in [-0.2, 0) is 16.1 Å². The molecule has 1 aromatic carbocycles. The molecule has 0 fully saturated rings. The zero-order valence-corrected chi connectivity index (χ0v) is 17.0. The maximum Gasteiger partial charge on any atom is 0.333 e. The topological polar surface area (TPSA) is 26.3 Å². The Kier molecular flexibility index (Phi) is 13.5. The predicted octanol–water partition coefficient (Wildman–Crippen LogP) is 7.38. The van der Waals surface area contributed by atoms with Gasteiger partial charge >= 0.3 is 5.97 Å². The normalized spacial score (nSPS) is 11.5. The third-order valence-electron chi connectivity index (χ3n) is 4.87. The first-order valence-electron chi connectivity index (χ1n) is 10.6. The van der Waals surface area contributed by atoms with Crippen LogP contribution in [-0.4, -0.2) is 5.97 Å². The SMILES string of the molecule is CC=C(CCCCCCCCCCCCC)C(=O)OCc1ccccc1. The van der Waals surface area contributed by atoms with Crippen molar-refractivity contribution in [2.75, 3.05) is 0 Å². The molecule has 146 valence electrons. The maximum absolute atomic E-state index is 12.2. The van der Waals surface area contributed by atoms with Gasteiger partial charge in [0.2, 0.25) is 0 Å². The van der Waals surface area contributed by atoms with E-state index >= 15 is 0 Å². The molecule has 1 rings (SSSR count). The Bertz CT molecular complexity index is 490. The highest BCUT2D eigenvalue weighted by Crippen LogP contribution is 2.15. The van der Waals surface area contributed by atoms with E-state index in [0.717, 1.165) is 24.0 Å². The van der Waals surface area contributed by atoms with E-state index in [-0.39, 0.29) is 5.97 Å². The Morgan fingerprint density at radius 3 is 1.92 bits per heavy atom. The van der Waals surface area contributed by atoms with Gasteiger partial charge in [0.15, 0.2) is 0 Å². The Morgan fingerprint density at radius 2 is 1.38 bits per heavy atom. The van der Waals surface area contributed by atoms with Crippen molar-refractivity contribution in [2.45, 2.75) is 97.5 Å². The molecule has 0 amide bonds. The third-order valence-corrected chi connectivity index (χ3v) is 4.87. The molecule has 26 heavy (non-hydrogen) atoms. The van der Waals surface area contributed by atoms with Gasteiger partial charge in [-0.1, -0.05) is 108 Å². The largest absolute Gasteiger partial charge is 0.457 e. The molecule has 0 aromatic heterocycles. The standard InChI is InChI=1S/C24H38O2/c1-3-5-6-7-8-9-10-11-12-13-17-20-23(4-2)24(25)26-21-22-18-15-14-16-19-22/h4,14-16,18-19H,3,5-13,17,20-21H2,1-2H3. The van der Waals surface area contributed by atoms with E-state index in [0.29, 0.717) is 6.61 Å². The highest BCUT2D eigenvalue weighted by atomic mass is 16.5. The molecular weight excluding hydrogens is 320 g/mol. The van der Waals surface area contributed by atoms with Crippen LogP contribution in [0.3, 0.4) is 0 Å². The fraction of sp³-hybridized carbons (Fsp3) is 0.625. The molecule has 0 atom stereocenters. The molecule has 0 radical (unpaired) electrons. The summed E-state index contributed by atoms with van der Waals surface area (Å²) in [4.78, 5) is 12.2. The Balaban J connectivity index is 2.03. The number of ether oxygens (including phenoxy) is 1. The molecule has 2 nitrogen and oxygen atoms in total. The number of hydrogen-bond donors (Lipinski definition) is 0. The number of hydrogen-bond acceptors (Lipinski definition) is 2. The minimum absolute atomic E-state index is 0.163. The number of esters is 1. The molecule has 0 saturated heterocycles. The average Bonchev–Trinajstić information content (AvgIpc) is 2.68. The minimum atomic E-state index is -0.163. The summed E-state index contributed by atoms with van der Waals surface area (Å²) in [5.74, 6) is -0.163. The predicted molar refractivity (Wildman–Crippen MR) is 111 cm³/mol. The van der Waals surface area contributed by atoms with Crippen LogP contribution in [0, 0.1) is 0 Å². The lowest BCUT2D eigenvalue weighted by Gasteiger charge is -2.08. The molecule has 0 spiro atoms. The van der Waals surface area contributed by atoms with Crippen LogP contribution in [0.25, 0.3) is 0 Å². The van der Waals surface area contributed by atoms with Crippen LogP contribution in [0.4, 0.5) is 0 Å². The Hall–Kier alpha value is -1.57. The molecule has 0 aliphatic rings. The van der Waals surface area contributed by atoms with Crippen molar-refractivity contribution in [2.24, 2.45) is 0 Å². The first kappa shape index (κ1) is 22.5. The van der Waals surface area contributed by atoms with Crippen molar-refractivity contribution in [3.63, 3.8) is 0 Å². The second kappa shape index (κ2) is 15.7. The monoisotopic (exact) mass is 358 g/mol. The van der Waals surface area contributed by atoms with Gasteiger partial charge in [-0.2, -0.15) is 0 Å². The van der Waals surface area contributed by atoms with E-state index in [4.69, 9.17) is 4.74 Å². The summed E-state index contributed by atoms with van der Waals surface area (Å²) in [6.45, 7) is 4.55. The highest BCUT2D eigenvalue weighted by Gasteiger charge is 2.10. The van der Waals surface area contributed by atoms with Crippen LogP contribution in [0.2, 0.25) is 0 Å². The van der Waals surface area contributed by atoms with Crippen molar-refractivity contribution < 1.29 is 9.53 Å². The molecule has 1 aromatic rings. The van der Waals surface area contributed by atoms with Crippen LogP contribution < -0.4 is 0 Å². The van der Waals surface area contributed by atoms with Gasteiger partial charge in [-0.3, -0.25) is 0 Å². The smallest absolute Gasteiger partial charge is 0.333 e. The van der Waals surface area contributed by atoms with Gasteiger partial charge in [0, 0.05) is 5.57 Å². The second-order valence-electron chi connectivity index (χ2n) is 7.16. The molecule has 0 N–H and O–H groups in total. The molecule has 0 unspecified atom stereocenters. The maximum atomic E-state index is 12.2. The third kappa shape index (κ3) is 11.1. The number of allylic oxidation sites excluding steroid dienone is 1. The number of carbonyl (C=O) groups is 1. The molecular formula is C24H38O2. The Labute approximate surface area is 161 Å². The van der Waals surface area contributed by atoms with Gasteiger partial charge in [-0.15, -0.1) is 0 Å². The van der Waals surface area contributed by atoms with Gasteiger partial charge in [0.05, 0.1) is 0 Å². The van der Waals surface area contributed by atoms with Crippen LogP contribution in [0.5, 0.6) is 0 Å². The molecule has 2 heteroatoms. The lowest BCUT2D eigenvalue weighted by molar-refractivity contribution is -0.140. The fourth-order valence-corrected chi connectivity index (χ4v) is 3.16. The highest BCUT2D eigenvalue weighted by molar-refractivity contribution is 5.88. The summed E-state index contributed by atoms with van der Waals surface area (Å²) >= 11 is 0. The first-order valence-corrected chi connectivity index (χ1v) is 10.6. The lowest BCUT2D eigenvalue weighted by atomic mass is 10.0. The fourth-order valence-electron chi connectivity index (χ4n) is 3.16. The number of carbonyl (C=O) groups excluding carboxylic acids is 1. The zero-order chi connectivity index (χ0) is 18.9. The number of unbranched alkanes of at least 4 members (excludes halogenated alkanes) is 10. The zero-order valence-electron chi connectivity index (χ0n) is 17.0. The summed E-state index contributed by atoms with van der Waals surface area (Å²) in [6, 6.07) is 9.85. The summed E-state index contributed by atoms with van der Waals surface area (Å²) in [5, 5.41) is 0. The molecule has 0 heterocycles. The quantitative estimate of drug-likeness (QED) is 0.186. The molecule has 0 aliphatic carbocycles. The first-order chi connectivity index (χ1) is 12.8. The van der Waals surface area contributed by atoms with Crippen LogP contribution in [0.15, 0.2) is 42.0 Å². The summed E-state index contributed by atoms with van der Waals surface area (Å²) < 4.78 is 5.42. The van der Waals surface area contributed by atoms with Crippen LogP contribution in [0.1, 0.15) is 96.5 Å². The van der Waals surface area contributed by atoms with E-state index in [1.165, 1.54) is 64.2 Å². The average molecular weight is 359 g/mol. The van der Waals surface area contributed by atoms with Gasteiger partial charge < -0.3 is 4.74 Å². The van der Waals surface area contributed by atoms with E-state index in [9.17, 15) is 4.79 Å². The van der Waals surface area contributed by atoms with Crippen molar-refractivity contribution in [1.29, 1.82) is 0 Å². The van der Waals surface area contributed by atoms with Crippen LogP contribution >= 0.6 is 0 Å². The Morgan fingerprint density at radius 1 is 0.846 bits per heavy atom. The molecule has 0 aliphatic heterocycles. The minimum Gasteiger partial charge on any atom is -0.457 e. The number of rotatable bonds is 15. The van der Waals surface area contributed by atoms with Crippen molar-refractivity contribution in [3.05, 3.63) is 47.5 Å². The van der Waals surface area contributed by atoms with Crippen molar-refractivity contribution in [1.82, 2.24) is 0 Å². The van der Waals surface area contributed by atoms with Gasteiger partial charge in [0.1, 0.15) is 6.61 Å². The summed E-state index contributed by atoms with van der Waals surface area (Å²) in [7, 11) is 0. The second-order valence-corrected chi connectivity index (χ2v) is 7.16. The van der Waals surface area contributed by atoms with E-state index in [1.54, 1.807) is 0 Å². The van der Waals surface area contributed by atoms with E-state index < -0.39 is 0 Å². The molecule has 0 saturated carbocycles. The van der Waals surface area contributed by atoms with E-state index in [2.05, 4.69) is 6.92 Å². The van der Waals surface area contributed by atoms with Gasteiger partial charge in [0.25, 0.3) is 0 Å². The summed E-state index contributed by atoms with van der Waals surface area (Å²) in [6.07, 6.45) is 17.3.